The third kappa shape index (κ3) is 3.18. The molecular formula is C18H19BrClN. The Morgan fingerprint density at radius 2 is 1.86 bits per heavy atom. The van der Waals surface area contributed by atoms with E-state index in [0.717, 1.165) is 15.4 Å². The summed E-state index contributed by atoms with van der Waals surface area (Å²) in [5, 5.41) is 4.15. The predicted octanol–water partition coefficient (Wildman–Crippen LogP) is 5.68. The first kappa shape index (κ1) is 15.1. The molecule has 0 heterocycles. The van der Waals surface area contributed by atoms with E-state index in [0.29, 0.717) is 0 Å². The average Bonchev–Trinajstić information content (AvgIpc) is 2.42. The Labute approximate surface area is 139 Å². The highest BCUT2D eigenvalue weighted by Crippen LogP contribution is 2.37. The van der Waals surface area contributed by atoms with Crippen LogP contribution in [0.5, 0.6) is 0 Å². The summed E-state index contributed by atoms with van der Waals surface area (Å²) in [6.07, 6.45) is 4.07. The zero-order valence-electron chi connectivity index (χ0n) is 12.1. The molecule has 0 aliphatic heterocycles. The van der Waals surface area contributed by atoms with Gasteiger partial charge in [-0.25, -0.2) is 0 Å². The van der Waals surface area contributed by atoms with Gasteiger partial charge in [0.05, 0.1) is 6.04 Å². The van der Waals surface area contributed by atoms with Crippen molar-refractivity contribution in [1.82, 2.24) is 5.32 Å². The minimum absolute atomic E-state index is 0.173. The number of hydrogen-bond acceptors (Lipinski definition) is 1. The molecule has 1 saturated carbocycles. The van der Waals surface area contributed by atoms with E-state index in [9.17, 15) is 0 Å². The molecule has 1 atom stereocenters. The molecule has 0 spiro atoms. The van der Waals surface area contributed by atoms with Crippen LogP contribution in [0.2, 0.25) is 5.02 Å². The van der Waals surface area contributed by atoms with Crippen molar-refractivity contribution in [2.75, 3.05) is 7.05 Å². The monoisotopic (exact) mass is 363 g/mol. The predicted molar refractivity (Wildman–Crippen MR) is 93.1 cm³/mol. The lowest BCUT2D eigenvalue weighted by molar-refractivity contribution is 0.419. The van der Waals surface area contributed by atoms with Gasteiger partial charge in [0, 0.05) is 9.50 Å². The van der Waals surface area contributed by atoms with Gasteiger partial charge in [0.25, 0.3) is 0 Å². The summed E-state index contributed by atoms with van der Waals surface area (Å²) in [7, 11) is 1.99. The van der Waals surface area contributed by atoms with Gasteiger partial charge >= 0.3 is 0 Å². The summed E-state index contributed by atoms with van der Waals surface area (Å²) >= 11 is 9.66. The summed E-state index contributed by atoms with van der Waals surface area (Å²) in [5.74, 6) is 0.786. The van der Waals surface area contributed by atoms with E-state index >= 15 is 0 Å². The molecule has 1 nitrogen and oxygen atoms in total. The maximum Gasteiger partial charge on any atom is 0.0585 e. The molecule has 0 amide bonds. The van der Waals surface area contributed by atoms with Crippen LogP contribution in [-0.4, -0.2) is 7.05 Å². The van der Waals surface area contributed by atoms with Crippen molar-refractivity contribution < 1.29 is 0 Å². The van der Waals surface area contributed by atoms with E-state index in [-0.39, 0.29) is 6.04 Å². The molecule has 110 valence electrons. The van der Waals surface area contributed by atoms with Crippen LogP contribution in [0.4, 0.5) is 0 Å². The standard InChI is InChI=1S/C18H19BrClN/c1-21-18(16-10-9-15(20)11-17(16)19)14-7-5-13(6-8-14)12-3-2-4-12/h5-12,18,21H,2-4H2,1H3. The number of halogens is 2. The highest BCUT2D eigenvalue weighted by atomic mass is 79.9. The molecule has 3 heteroatoms. The molecule has 0 aromatic heterocycles. The maximum atomic E-state index is 6.04. The van der Waals surface area contributed by atoms with Gasteiger partial charge in [-0.05, 0) is 54.6 Å². The summed E-state index contributed by atoms with van der Waals surface area (Å²) < 4.78 is 1.04. The summed E-state index contributed by atoms with van der Waals surface area (Å²) in [5.41, 5.74) is 3.97. The van der Waals surface area contributed by atoms with Crippen molar-refractivity contribution in [3.63, 3.8) is 0 Å². The van der Waals surface area contributed by atoms with Gasteiger partial charge in [-0.3, -0.25) is 0 Å². The minimum atomic E-state index is 0.173. The summed E-state index contributed by atoms with van der Waals surface area (Å²) in [6, 6.07) is 15.2. The lowest BCUT2D eigenvalue weighted by Crippen LogP contribution is -2.18. The third-order valence-corrected chi connectivity index (χ3v) is 5.33. The summed E-state index contributed by atoms with van der Waals surface area (Å²) in [6.45, 7) is 0. The molecule has 0 radical (unpaired) electrons. The molecule has 0 saturated heterocycles. The van der Waals surface area contributed by atoms with Gasteiger partial charge in [-0.15, -0.1) is 0 Å². The highest BCUT2D eigenvalue weighted by Gasteiger charge is 2.20. The molecule has 0 bridgehead atoms. The normalized spacial score (nSPS) is 16.5. The molecule has 1 N–H and O–H groups in total. The Morgan fingerprint density at radius 1 is 1.14 bits per heavy atom. The highest BCUT2D eigenvalue weighted by molar-refractivity contribution is 9.10. The van der Waals surface area contributed by atoms with E-state index in [4.69, 9.17) is 11.6 Å². The SMILES string of the molecule is CNC(c1ccc(C2CCC2)cc1)c1ccc(Cl)cc1Br. The van der Waals surface area contributed by atoms with Crippen LogP contribution in [0.3, 0.4) is 0 Å². The molecule has 2 aromatic carbocycles. The van der Waals surface area contributed by atoms with Crippen LogP contribution in [0.1, 0.15) is 47.9 Å². The zero-order valence-corrected chi connectivity index (χ0v) is 14.4. The lowest BCUT2D eigenvalue weighted by Gasteiger charge is -2.26. The molecular weight excluding hydrogens is 346 g/mol. The second kappa shape index (κ2) is 6.51. The van der Waals surface area contributed by atoms with Crippen LogP contribution in [-0.2, 0) is 0 Å². The molecule has 2 aromatic rings. The van der Waals surface area contributed by atoms with Crippen molar-refractivity contribution in [2.24, 2.45) is 0 Å². The van der Waals surface area contributed by atoms with E-state index in [2.05, 4.69) is 51.6 Å². The van der Waals surface area contributed by atoms with Crippen molar-refractivity contribution in [3.05, 3.63) is 68.7 Å². The number of nitrogens with one attached hydrogen (secondary N) is 1. The van der Waals surface area contributed by atoms with Gasteiger partial charge in [0.15, 0.2) is 0 Å². The second-order valence-electron chi connectivity index (χ2n) is 5.68. The molecule has 1 aliphatic rings. The first-order chi connectivity index (χ1) is 10.2. The van der Waals surface area contributed by atoms with Gasteiger partial charge in [0.2, 0.25) is 0 Å². The first-order valence-corrected chi connectivity index (χ1v) is 8.58. The van der Waals surface area contributed by atoms with Gasteiger partial charge < -0.3 is 5.32 Å². The van der Waals surface area contributed by atoms with Crippen LogP contribution >= 0.6 is 27.5 Å². The number of rotatable bonds is 4. The van der Waals surface area contributed by atoms with Crippen LogP contribution < -0.4 is 5.32 Å². The Hall–Kier alpha value is -0.830. The largest absolute Gasteiger partial charge is 0.309 e. The Kier molecular flexibility index (Phi) is 4.68. The first-order valence-electron chi connectivity index (χ1n) is 7.41. The van der Waals surface area contributed by atoms with Gasteiger partial charge in [-0.1, -0.05) is 64.3 Å². The van der Waals surface area contributed by atoms with Crippen molar-refractivity contribution >= 4 is 27.5 Å². The van der Waals surface area contributed by atoms with E-state index in [1.54, 1.807) is 0 Å². The van der Waals surface area contributed by atoms with E-state index in [1.807, 2.05) is 19.2 Å². The fourth-order valence-electron chi connectivity index (χ4n) is 2.94. The zero-order chi connectivity index (χ0) is 14.8. The second-order valence-corrected chi connectivity index (χ2v) is 6.97. The lowest BCUT2D eigenvalue weighted by atomic mass is 9.79. The Balaban J connectivity index is 1.88. The smallest absolute Gasteiger partial charge is 0.0585 e. The third-order valence-electron chi connectivity index (χ3n) is 4.41. The quantitative estimate of drug-likeness (QED) is 0.736. The molecule has 21 heavy (non-hydrogen) atoms. The fourth-order valence-corrected chi connectivity index (χ4v) is 3.85. The van der Waals surface area contributed by atoms with Crippen molar-refractivity contribution in [1.29, 1.82) is 0 Å². The Morgan fingerprint density at radius 3 is 2.38 bits per heavy atom. The molecule has 1 aliphatic carbocycles. The van der Waals surface area contributed by atoms with Crippen LogP contribution in [0.15, 0.2) is 46.9 Å². The minimum Gasteiger partial charge on any atom is -0.309 e. The summed E-state index contributed by atoms with van der Waals surface area (Å²) in [4.78, 5) is 0. The van der Waals surface area contributed by atoms with Crippen LogP contribution in [0, 0.1) is 0 Å². The van der Waals surface area contributed by atoms with E-state index in [1.165, 1.54) is 36.0 Å². The molecule has 3 rings (SSSR count). The Bertz CT molecular complexity index is 620. The molecule has 1 fully saturated rings. The van der Waals surface area contributed by atoms with Crippen molar-refractivity contribution in [2.45, 2.75) is 31.2 Å². The van der Waals surface area contributed by atoms with Crippen LogP contribution in [0.25, 0.3) is 0 Å². The van der Waals surface area contributed by atoms with E-state index < -0.39 is 0 Å². The van der Waals surface area contributed by atoms with Crippen molar-refractivity contribution in [3.8, 4) is 0 Å². The maximum absolute atomic E-state index is 6.04. The fraction of sp³-hybridized carbons (Fsp3) is 0.333. The topological polar surface area (TPSA) is 12.0 Å². The number of hydrogen-bond donors (Lipinski definition) is 1. The average molecular weight is 365 g/mol. The molecule has 1 unspecified atom stereocenters. The van der Waals surface area contributed by atoms with Gasteiger partial charge in [-0.2, -0.15) is 0 Å². The number of benzene rings is 2. The van der Waals surface area contributed by atoms with Gasteiger partial charge in [0.1, 0.15) is 0 Å².